The summed E-state index contributed by atoms with van der Waals surface area (Å²) in [5.41, 5.74) is 1.54. The maximum absolute atomic E-state index is 12.1. The van der Waals surface area contributed by atoms with E-state index in [-0.39, 0.29) is 30.4 Å². The Morgan fingerprint density at radius 2 is 1.78 bits per heavy atom. The summed E-state index contributed by atoms with van der Waals surface area (Å²) in [5, 5.41) is 5.77. The average molecular weight is 384 g/mol. The maximum atomic E-state index is 12.1. The van der Waals surface area contributed by atoms with Crippen molar-refractivity contribution in [2.75, 3.05) is 25.0 Å². The van der Waals surface area contributed by atoms with Crippen molar-refractivity contribution < 1.29 is 9.59 Å². The number of benzene rings is 1. The Balaban J connectivity index is 2.56. The predicted octanol–water partition coefficient (Wildman–Crippen LogP) is 2.93. The van der Waals surface area contributed by atoms with Crippen LogP contribution in [0.5, 0.6) is 0 Å². The molecule has 23 heavy (non-hydrogen) atoms. The number of aryl methyl sites for hydroxylation is 1. The van der Waals surface area contributed by atoms with Gasteiger partial charge >= 0.3 is 0 Å². The van der Waals surface area contributed by atoms with Gasteiger partial charge in [-0.3, -0.25) is 14.5 Å². The van der Waals surface area contributed by atoms with E-state index in [0.717, 1.165) is 15.7 Å². The van der Waals surface area contributed by atoms with Crippen molar-refractivity contribution >= 4 is 33.4 Å². The van der Waals surface area contributed by atoms with E-state index in [1.165, 1.54) is 0 Å². The SMILES string of the molecule is CCN(CC(=O)Nc1ccc(Br)c(C)c1)CC(=O)NC(C)(C)C. The summed E-state index contributed by atoms with van der Waals surface area (Å²) in [6.45, 7) is 10.7. The summed E-state index contributed by atoms with van der Waals surface area (Å²) >= 11 is 3.43. The highest BCUT2D eigenvalue weighted by atomic mass is 79.9. The third kappa shape index (κ3) is 7.61. The first-order valence-corrected chi connectivity index (χ1v) is 8.49. The number of rotatable bonds is 6. The molecule has 1 rings (SSSR count). The van der Waals surface area contributed by atoms with E-state index in [1.54, 1.807) is 0 Å². The van der Waals surface area contributed by atoms with Crippen molar-refractivity contribution in [3.8, 4) is 0 Å². The number of anilines is 1. The molecule has 0 radical (unpaired) electrons. The molecule has 6 heteroatoms. The molecule has 2 N–H and O–H groups in total. The zero-order chi connectivity index (χ0) is 17.6. The molecule has 0 aliphatic heterocycles. The first kappa shape index (κ1) is 19.6. The topological polar surface area (TPSA) is 61.4 Å². The second kappa shape index (κ2) is 8.45. The van der Waals surface area contributed by atoms with E-state index in [0.29, 0.717) is 6.54 Å². The van der Waals surface area contributed by atoms with Gasteiger partial charge in [0, 0.05) is 15.7 Å². The molecule has 128 valence electrons. The molecule has 0 saturated carbocycles. The van der Waals surface area contributed by atoms with Gasteiger partial charge in [0.05, 0.1) is 13.1 Å². The van der Waals surface area contributed by atoms with Crippen LogP contribution >= 0.6 is 15.9 Å². The van der Waals surface area contributed by atoms with Gasteiger partial charge in [0.15, 0.2) is 0 Å². The van der Waals surface area contributed by atoms with Crippen molar-refractivity contribution in [2.45, 2.75) is 40.2 Å². The number of nitrogens with one attached hydrogen (secondary N) is 2. The molecule has 5 nitrogen and oxygen atoms in total. The number of carbonyl (C=O) groups excluding carboxylic acids is 2. The molecule has 0 saturated heterocycles. The van der Waals surface area contributed by atoms with Crippen LogP contribution in [0, 0.1) is 6.92 Å². The van der Waals surface area contributed by atoms with Gasteiger partial charge in [-0.1, -0.05) is 22.9 Å². The number of hydrogen-bond acceptors (Lipinski definition) is 3. The van der Waals surface area contributed by atoms with Crippen molar-refractivity contribution in [2.24, 2.45) is 0 Å². The van der Waals surface area contributed by atoms with Gasteiger partial charge in [0.25, 0.3) is 0 Å². The van der Waals surface area contributed by atoms with Gasteiger partial charge in [0.1, 0.15) is 0 Å². The zero-order valence-corrected chi connectivity index (χ0v) is 16.1. The quantitative estimate of drug-likeness (QED) is 0.793. The standard InChI is InChI=1S/C17H26BrN3O2/c1-6-21(11-16(23)20-17(3,4)5)10-15(22)19-13-7-8-14(18)12(2)9-13/h7-9H,6,10-11H2,1-5H3,(H,19,22)(H,20,23). The Kier molecular flexibility index (Phi) is 7.22. The lowest BCUT2D eigenvalue weighted by molar-refractivity contribution is -0.124. The van der Waals surface area contributed by atoms with Crippen LogP contribution in [0.15, 0.2) is 22.7 Å². The van der Waals surface area contributed by atoms with Crippen LogP contribution in [0.4, 0.5) is 5.69 Å². The van der Waals surface area contributed by atoms with Crippen LogP contribution in [-0.2, 0) is 9.59 Å². The lowest BCUT2D eigenvalue weighted by Crippen LogP contribution is -2.47. The first-order valence-electron chi connectivity index (χ1n) is 7.70. The molecule has 0 aliphatic rings. The van der Waals surface area contributed by atoms with Crippen LogP contribution in [0.2, 0.25) is 0 Å². The zero-order valence-electron chi connectivity index (χ0n) is 14.5. The molecular formula is C17H26BrN3O2. The van der Waals surface area contributed by atoms with E-state index in [4.69, 9.17) is 0 Å². The van der Waals surface area contributed by atoms with Gasteiger partial charge in [-0.05, 0) is 58.0 Å². The largest absolute Gasteiger partial charge is 0.350 e. The summed E-state index contributed by atoms with van der Waals surface area (Å²) in [6, 6.07) is 5.65. The predicted molar refractivity (Wildman–Crippen MR) is 97.5 cm³/mol. The van der Waals surface area contributed by atoms with Crippen LogP contribution in [-0.4, -0.2) is 41.9 Å². The molecule has 0 aromatic heterocycles. The lowest BCUT2D eigenvalue weighted by atomic mass is 10.1. The van der Waals surface area contributed by atoms with Crippen molar-refractivity contribution in [3.05, 3.63) is 28.2 Å². The van der Waals surface area contributed by atoms with Gasteiger partial charge in [-0.25, -0.2) is 0 Å². The van der Waals surface area contributed by atoms with Crippen LogP contribution < -0.4 is 10.6 Å². The van der Waals surface area contributed by atoms with E-state index < -0.39 is 0 Å². The minimum atomic E-state index is -0.270. The summed E-state index contributed by atoms with van der Waals surface area (Å²) in [6.07, 6.45) is 0. The Morgan fingerprint density at radius 1 is 1.17 bits per heavy atom. The van der Waals surface area contributed by atoms with Crippen LogP contribution in [0.1, 0.15) is 33.3 Å². The fourth-order valence-corrected chi connectivity index (χ4v) is 2.31. The number of likely N-dealkylation sites (N-methyl/N-ethyl adjacent to an activating group) is 1. The van der Waals surface area contributed by atoms with Gasteiger partial charge < -0.3 is 10.6 Å². The van der Waals surface area contributed by atoms with Crippen LogP contribution in [0.3, 0.4) is 0 Å². The van der Waals surface area contributed by atoms with E-state index in [9.17, 15) is 9.59 Å². The molecule has 1 aromatic rings. The normalized spacial score (nSPS) is 11.4. The third-order valence-electron chi connectivity index (χ3n) is 3.14. The second-order valence-corrected chi connectivity index (χ2v) is 7.47. The Hall–Kier alpha value is -1.40. The summed E-state index contributed by atoms with van der Waals surface area (Å²) in [4.78, 5) is 25.9. The maximum Gasteiger partial charge on any atom is 0.238 e. The first-order chi connectivity index (χ1) is 10.6. The fourth-order valence-electron chi connectivity index (χ4n) is 2.07. The highest BCUT2D eigenvalue weighted by molar-refractivity contribution is 9.10. The molecule has 0 unspecified atom stereocenters. The number of halogens is 1. The van der Waals surface area contributed by atoms with E-state index in [1.807, 2.05) is 57.7 Å². The molecule has 0 heterocycles. The summed E-state index contributed by atoms with van der Waals surface area (Å²) < 4.78 is 1.00. The lowest BCUT2D eigenvalue weighted by Gasteiger charge is -2.24. The minimum absolute atomic E-state index is 0.0772. The second-order valence-electron chi connectivity index (χ2n) is 6.61. The molecule has 0 aliphatic carbocycles. The Morgan fingerprint density at radius 3 is 2.30 bits per heavy atom. The molecule has 0 bridgehead atoms. The molecule has 0 spiro atoms. The van der Waals surface area contributed by atoms with Gasteiger partial charge in [0.2, 0.25) is 11.8 Å². The molecule has 0 fully saturated rings. The molecular weight excluding hydrogens is 358 g/mol. The Labute approximate surface area is 146 Å². The molecule has 0 atom stereocenters. The van der Waals surface area contributed by atoms with Crippen molar-refractivity contribution in [1.29, 1.82) is 0 Å². The van der Waals surface area contributed by atoms with Gasteiger partial charge in [-0.2, -0.15) is 0 Å². The number of nitrogens with zero attached hydrogens (tertiary/aromatic N) is 1. The Bertz CT molecular complexity index is 567. The molecule has 2 amide bonds. The van der Waals surface area contributed by atoms with Crippen molar-refractivity contribution in [1.82, 2.24) is 10.2 Å². The van der Waals surface area contributed by atoms with Gasteiger partial charge in [-0.15, -0.1) is 0 Å². The van der Waals surface area contributed by atoms with Crippen molar-refractivity contribution in [3.63, 3.8) is 0 Å². The number of hydrogen-bond donors (Lipinski definition) is 2. The highest BCUT2D eigenvalue weighted by Gasteiger charge is 2.17. The fraction of sp³-hybridized carbons (Fsp3) is 0.529. The number of carbonyl (C=O) groups is 2. The monoisotopic (exact) mass is 383 g/mol. The summed E-state index contributed by atoms with van der Waals surface area (Å²) in [7, 11) is 0. The van der Waals surface area contributed by atoms with E-state index in [2.05, 4.69) is 26.6 Å². The van der Waals surface area contributed by atoms with Crippen LogP contribution in [0.25, 0.3) is 0 Å². The minimum Gasteiger partial charge on any atom is -0.350 e. The van der Waals surface area contributed by atoms with E-state index >= 15 is 0 Å². The average Bonchev–Trinajstić information content (AvgIpc) is 2.40. The summed E-state index contributed by atoms with van der Waals surface area (Å²) in [5.74, 6) is -0.205. The smallest absolute Gasteiger partial charge is 0.238 e. The highest BCUT2D eigenvalue weighted by Crippen LogP contribution is 2.19. The third-order valence-corrected chi connectivity index (χ3v) is 4.03. The number of amides is 2. The molecule has 1 aromatic carbocycles.